The van der Waals surface area contributed by atoms with Crippen LogP contribution in [0.1, 0.15) is 35.7 Å². The highest BCUT2D eigenvalue weighted by molar-refractivity contribution is 6.10. The summed E-state index contributed by atoms with van der Waals surface area (Å²) in [6.45, 7) is 13.1. The minimum absolute atomic E-state index is 0.499. The van der Waals surface area contributed by atoms with E-state index in [1.807, 2.05) is 49.4 Å². The molecular formula is C45H39N3O. The van der Waals surface area contributed by atoms with E-state index >= 15 is 0 Å². The Morgan fingerprint density at radius 1 is 0.837 bits per heavy atom. The summed E-state index contributed by atoms with van der Waals surface area (Å²) in [5.74, 6) is 0.832. The van der Waals surface area contributed by atoms with Crippen LogP contribution in [-0.4, -0.2) is 15.0 Å². The van der Waals surface area contributed by atoms with Gasteiger partial charge >= 0.3 is 0 Å². The molecule has 6 aromatic rings. The van der Waals surface area contributed by atoms with E-state index in [9.17, 15) is 0 Å². The van der Waals surface area contributed by atoms with E-state index in [1.54, 1.807) is 6.08 Å². The first-order chi connectivity index (χ1) is 24.1. The van der Waals surface area contributed by atoms with Crippen molar-refractivity contribution in [3.8, 4) is 0 Å². The predicted molar refractivity (Wildman–Crippen MR) is 211 cm³/mol. The van der Waals surface area contributed by atoms with Crippen molar-refractivity contribution in [1.29, 1.82) is 0 Å². The van der Waals surface area contributed by atoms with E-state index in [0.717, 1.165) is 84.1 Å². The number of hydrogen-bond donors (Lipinski definition) is 0. The summed E-state index contributed by atoms with van der Waals surface area (Å²) in [4.78, 5) is 5.32. The van der Waals surface area contributed by atoms with E-state index in [-0.39, 0.29) is 0 Å². The summed E-state index contributed by atoms with van der Waals surface area (Å²) in [5, 5.41) is 4.48. The number of aliphatic imine (C=N–C) groups is 1. The van der Waals surface area contributed by atoms with Crippen molar-refractivity contribution in [1.82, 2.24) is 9.13 Å². The molecule has 0 spiro atoms. The largest absolute Gasteiger partial charge is 0.456 e. The van der Waals surface area contributed by atoms with Crippen molar-refractivity contribution < 1.29 is 4.42 Å². The quantitative estimate of drug-likeness (QED) is 0.0974. The molecule has 0 unspecified atom stereocenters. The molecule has 240 valence electrons. The summed E-state index contributed by atoms with van der Waals surface area (Å²) in [6, 6.07) is 27.4. The Balaban J connectivity index is 1.50. The van der Waals surface area contributed by atoms with Gasteiger partial charge in [0, 0.05) is 39.0 Å². The average molecular weight is 638 g/mol. The molecule has 0 saturated heterocycles. The SMILES string of the molecule is C=C/C=C\C(=NCc1ccc2oc3ccccc3c2c1)n1c2c(c3cccn(C(=C)/C=C\C=C/C)c4ccccc4c(C)c31)C=CCC=C2. The fraction of sp³-hybridized carbons (Fsp3) is 0.0889. The van der Waals surface area contributed by atoms with Crippen molar-refractivity contribution in [2.75, 3.05) is 0 Å². The molecule has 49 heavy (non-hydrogen) atoms. The lowest BCUT2D eigenvalue weighted by atomic mass is 10.1. The van der Waals surface area contributed by atoms with Crippen molar-refractivity contribution in [3.05, 3.63) is 175 Å². The maximum Gasteiger partial charge on any atom is 0.135 e. The van der Waals surface area contributed by atoms with Crippen LogP contribution in [0, 0.1) is 6.92 Å². The molecular weight excluding hydrogens is 599 g/mol. The van der Waals surface area contributed by atoms with Crippen LogP contribution in [0.25, 0.3) is 61.6 Å². The second-order valence-electron chi connectivity index (χ2n) is 12.0. The van der Waals surface area contributed by atoms with Crippen LogP contribution >= 0.6 is 0 Å². The van der Waals surface area contributed by atoms with Gasteiger partial charge in [0.2, 0.25) is 0 Å². The van der Waals surface area contributed by atoms with E-state index in [2.05, 4.69) is 133 Å². The first-order valence-electron chi connectivity index (χ1n) is 16.7. The monoisotopic (exact) mass is 637 g/mol. The molecule has 4 nitrogen and oxygen atoms in total. The maximum absolute atomic E-state index is 6.10. The molecule has 0 saturated carbocycles. The van der Waals surface area contributed by atoms with Gasteiger partial charge < -0.3 is 8.98 Å². The third-order valence-corrected chi connectivity index (χ3v) is 8.92. The number of rotatable bonds is 7. The Bertz CT molecular complexity index is 2500. The zero-order chi connectivity index (χ0) is 33.7. The van der Waals surface area contributed by atoms with E-state index in [4.69, 9.17) is 9.41 Å². The van der Waals surface area contributed by atoms with Gasteiger partial charge in [0.15, 0.2) is 0 Å². The van der Waals surface area contributed by atoms with Crippen LogP contribution < -0.4 is 0 Å². The Hall–Kier alpha value is -6.13. The second kappa shape index (κ2) is 13.9. The van der Waals surface area contributed by atoms with Gasteiger partial charge in [0.05, 0.1) is 23.3 Å². The molecule has 3 heterocycles. The molecule has 1 aliphatic rings. The van der Waals surface area contributed by atoms with Crippen LogP contribution in [0.2, 0.25) is 0 Å². The van der Waals surface area contributed by atoms with Gasteiger partial charge in [-0.25, -0.2) is 0 Å². The summed E-state index contributed by atoms with van der Waals surface area (Å²) >= 11 is 0. The number of aromatic nitrogens is 2. The molecule has 0 aliphatic heterocycles. The summed E-state index contributed by atoms with van der Waals surface area (Å²) in [7, 11) is 0. The third kappa shape index (κ3) is 6.05. The van der Waals surface area contributed by atoms with Gasteiger partial charge in [0.25, 0.3) is 0 Å². The highest BCUT2D eigenvalue weighted by Gasteiger charge is 2.19. The zero-order valence-electron chi connectivity index (χ0n) is 28.0. The highest BCUT2D eigenvalue weighted by atomic mass is 16.3. The maximum atomic E-state index is 6.10. The minimum atomic E-state index is 0.499. The molecule has 0 amide bonds. The lowest BCUT2D eigenvalue weighted by Gasteiger charge is -2.13. The van der Waals surface area contributed by atoms with Crippen molar-refractivity contribution in [2.45, 2.75) is 26.8 Å². The molecule has 0 N–H and O–H groups in total. The molecule has 7 rings (SSSR count). The fourth-order valence-electron chi connectivity index (χ4n) is 6.63. The number of fused-ring (bicyclic) bond motifs is 7. The normalized spacial score (nSPS) is 13.4. The fourth-order valence-corrected chi connectivity index (χ4v) is 6.63. The van der Waals surface area contributed by atoms with Gasteiger partial charge in [-0.1, -0.05) is 110 Å². The lowest BCUT2D eigenvalue weighted by molar-refractivity contribution is 0.669. The van der Waals surface area contributed by atoms with Crippen molar-refractivity contribution in [3.63, 3.8) is 0 Å². The van der Waals surface area contributed by atoms with E-state index in [0.29, 0.717) is 6.54 Å². The molecule has 3 aromatic heterocycles. The first-order valence-corrected chi connectivity index (χ1v) is 16.7. The number of hydrogen-bond acceptors (Lipinski definition) is 2. The van der Waals surface area contributed by atoms with Crippen LogP contribution in [0.5, 0.6) is 0 Å². The molecule has 3 aromatic carbocycles. The zero-order valence-corrected chi connectivity index (χ0v) is 28.0. The predicted octanol–water partition coefficient (Wildman–Crippen LogP) is 12.2. The van der Waals surface area contributed by atoms with Crippen molar-refractivity contribution >= 4 is 67.4 Å². The summed E-state index contributed by atoms with van der Waals surface area (Å²) in [5.41, 5.74) is 9.31. The van der Waals surface area contributed by atoms with E-state index in [1.165, 1.54) is 0 Å². The average Bonchev–Trinajstić information content (AvgIpc) is 3.54. The second-order valence-corrected chi connectivity index (χ2v) is 12.0. The first kappa shape index (κ1) is 31.5. The summed E-state index contributed by atoms with van der Waals surface area (Å²) in [6.07, 6.45) is 25.8. The Labute approximate surface area is 287 Å². The Morgan fingerprint density at radius 2 is 1.61 bits per heavy atom. The van der Waals surface area contributed by atoms with Gasteiger partial charge in [-0.15, -0.1) is 0 Å². The van der Waals surface area contributed by atoms with E-state index < -0.39 is 0 Å². The molecule has 1 aliphatic carbocycles. The number of aryl methyl sites for hydroxylation is 1. The molecule has 4 heteroatoms. The minimum Gasteiger partial charge on any atom is -0.456 e. The number of furan rings is 1. The third-order valence-electron chi connectivity index (χ3n) is 8.92. The Kier molecular flexibility index (Phi) is 8.94. The lowest BCUT2D eigenvalue weighted by Crippen LogP contribution is -2.12. The smallest absolute Gasteiger partial charge is 0.135 e. The number of benzene rings is 3. The number of para-hydroxylation sites is 2. The highest BCUT2D eigenvalue weighted by Crippen LogP contribution is 2.35. The van der Waals surface area contributed by atoms with Crippen molar-refractivity contribution in [2.24, 2.45) is 4.99 Å². The van der Waals surface area contributed by atoms with Gasteiger partial charge in [-0.05, 0) is 80.0 Å². The van der Waals surface area contributed by atoms with Crippen LogP contribution in [0.4, 0.5) is 0 Å². The molecule has 0 atom stereocenters. The molecule has 0 fully saturated rings. The van der Waals surface area contributed by atoms with Crippen LogP contribution in [0.15, 0.2) is 162 Å². The number of allylic oxidation sites excluding steroid dienone is 10. The molecule has 0 bridgehead atoms. The number of nitrogens with zero attached hydrogens (tertiary/aromatic N) is 3. The molecule has 0 radical (unpaired) electrons. The Morgan fingerprint density at radius 3 is 2.47 bits per heavy atom. The topological polar surface area (TPSA) is 35.4 Å². The van der Waals surface area contributed by atoms with Gasteiger partial charge in [-0.2, -0.15) is 0 Å². The van der Waals surface area contributed by atoms with Gasteiger partial charge in [0.1, 0.15) is 17.0 Å². The standard InChI is InChI=1S/C45H39N3O/c1-5-7-10-18-32(3)47-29-17-22-38-36-20-11-9-12-24-41(36)48(45(38)33(4)35-19-13-15-23-40(35)47)44(26-8-6-2)46-31-34-27-28-43-39(30-34)37-21-14-16-25-42(37)49-43/h5-8,10-30H,2-3,9,31H2,1,4H3/b7-5-,18-10-,26-8-,29-17?,38-22?,45-33?,46-44?. The summed E-state index contributed by atoms with van der Waals surface area (Å²) < 4.78 is 10.6. The van der Waals surface area contributed by atoms with Gasteiger partial charge in [-0.3, -0.25) is 9.56 Å². The van der Waals surface area contributed by atoms with Crippen LogP contribution in [0.3, 0.4) is 0 Å². The van der Waals surface area contributed by atoms with Crippen LogP contribution in [-0.2, 0) is 6.54 Å².